The minimum atomic E-state index is -0.120. The molecule has 2 aromatic rings. The van der Waals surface area contributed by atoms with Crippen LogP contribution in [-0.2, 0) is 9.59 Å². The molecule has 0 aliphatic carbocycles. The molecular formula is C21H27N3O2S2. The number of carbonyl (C=O) groups is 2. The zero-order valence-electron chi connectivity index (χ0n) is 16.7. The lowest BCUT2D eigenvalue weighted by atomic mass is 10.0. The molecule has 1 N–H and O–H groups in total. The Hall–Kier alpha value is -1.86. The van der Waals surface area contributed by atoms with E-state index in [1.54, 1.807) is 0 Å². The van der Waals surface area contributed by atoms with Crippen molar-refractivity contribution < 1.29 is 9.59 Å². The van der Waals surface area contributed by atoms with E-state index in [-0.39, 0.29) is 17.6 Å². The van der Waals surface area contributed by atoms with Gasteiger partial charge in [-0.1, -0.05) is 12.1 Å². The van der Waals surface area contributed by atoms with Gasteiger partial charge in [-0.3, -0.25) is 9.59 Å². The van der Waals surface area contributed by atoms with Crippen molar-refractivity contribution in [3.63, 3.8) is 0 Å². The predicted octanol–water partition coefficient (Wildman–Crippen LogP) is 4.50. The van der Waals surface area contributed by atoms with Crippen molar-refractivity contribution >= 4 is 40.0 Å². The van der Waals surface area contributed by atoms with E-state index < -0.39 is 0 Å². The normalized spacial score (nSPS) is 16.8. The van der Waals surface area contributed by atoms with Crippen molar-refractivity contribution in [1.82, 2.24) is 9.88 Å². The van der Waals surface area contributed by atoms with E-state index in [2.05, 4.69) is 43.2 Å². The highest BCUT2D eigenvalue weighted by Gasteiger charge is 2.23. The average molecular weight is 418 g/mol. The molecule has 28 heavy (non-hydrogen) atoms. The number of nitrogens with one attached hydrogen (secondary N) is 1. The molecule has 1 aromatic carbocycles. The molecule has 3 rings (SSSR count). The summed E-state index contributed by atoms with van der Waals surface area (Å²) in [4.78, 5) is 31.0. The maximum atomic E-state index is 12.3. The Bertz CT molecular complexity index is 850. The maximum Gasteiger partial charge on any atom is 0.236 e. The molecule has 0 bridgehead atoms. The molecule has 2 heterocycles. The molecule has 7 heteroatoms. The van der Waals surface area contributed by atoms with E-state index in [0.29, 0.717) is 16.9 Å². The third-order valence-electron chi connectivity index (χ3n) is 5.14. The second-order valence-electron chi connectivity index (χ2n) is 7.31. The van der Waals surface area contributed by atoms with Gasteiger partial charge in [0.05, 0.1) is 17.2 Å². The number of amides is 2. The molecule has 1 fully saturated rings. The Morgan fingerprint density at radius 2 is 2.07 bits per heavy atom. The first-order valence-electron chi connectivity index (χ1n) is 9.64. The largest absolute Gasteiger partial charge is 0.339 e. The molecule has 1 aromatic heterocycles. The number of thioether (sulfide) groups is 1. The van der Waals surface area contributed by atoms with Crippen molar-refractivity contribution in [1.29, 1.82) is 0 Å². The van der Waals surface area contributed by atoms with Gasteiger partial charge in [-0.2, -0.15) is 0 Å². The minimum Gasteiger partial charge on any atom is -0.339 e. The summed E-state index contributed by atoms with van der Waals surface area (Å²) < 4.78 is 0. The molecule has 1 saturated heterocycles. The highest BCUT2D eigenvalue weighted by atomic mass is 32.2. The van der Waals surface area contributed by atoms with E-state index >= 15 is 0 Å². The van der Waals surface area contributed by atoms with E-state index in [1.165, 1.54) is 40.6 Å². The highest BCUT2D eigenvalue weighted by Crippen LogP contribution is 2.26. The van der Waals surface area contributed by atoms with Crippen LogP contribution in [0.2, 0.25) is 0 Å². The van der Waals surface area contributed by atoms with Crippen molar-refractivity contribution in [2.45, 2.75) is 46.1 Å². The quantitative estimate of drug-likeness (QED) is 0.752. The third kappa shape index (κ3) is 5.35. The van der Waals surface area contributed by atoms with Crippen LogP contribution < -0.4 is 5.32 Å². The zero-order chi connectivity index (χ0) is 20.1. The molecular weight excluding hydrogens is 390 g/mol. The van der Waals surface area contributed by atoms with Gasteiger partial charge in [0.2, 0.25) is 11.8 Å². The lowest BCUT2D eigenvalue weighted by Gasteiger charge is -2.33. The fraction of sp³-hybridized carbons (Fsp3) is 0.476. The molecule has 0 radical (unpaired) electrons. The van der Waals surface area contributed by atoms with Crippen LogP contribution in [0.3, 0.4) is 0 Å². The van der Waals surface area contributed by atoms with E-state index in [0.717, 1.165) is 30.6 Å². The molecule has 1 atom stereocenters. The first-order valence-corrected chi connectivity index (χ1v) is 11.7. The Kier molecular flexibility index (Phi) is 7.13. The summed E-state index contributed by atoms with van der Waals surface area (Å²) in [6.07, 6.45) is 3.34. The Morgan fingerprint density at radius 1 is 1.25 bits per heavy atom. The lowest BCUT2D eigenvalue weighted by Crippen LogP contribution is -2.43. The monoisotopic (exact) mass is 417 g/mol. The number of carbonyl (C=O) groups excluding carboxylic acids is 2. The summed E-state index contributed by atoms with van der Waals surface area (Å²) >= 11 is 2.78. The fourth-order valence-electron chi connectivity index (χ4n) is 3.30. The van der Waals surface area contributed by atoms with Crippen LogP contribution in [0.15, 0.2) is 23.6 Å². The molecule has 2 amide bonds. The van der Waals surface area contributed by atoms with Gasteiger partial charge in [-0.05, 0) is 57.2 Å². The topological polar surface area (TPSA) is 62.3 Å². The summed E-state index contributed by atoms with van der Waals surface area (Å²) in [5.74, 6) is 0.623. The van der Waals surface area contributed by atoms with Gasteiger partial charge < -0.3 is 10.2 Å². The molecule has 0 unspecified atom stereocenters. The van der Waals surface area contributed by atoms with Crippen molar-refractivity contribution in [3.8, 4) is 11.3 Å². The summed E-state index contributed by atoms with van der Waals surface area (Å²) in [5.41, 5.74) is 4.39. The third-order valence-corrected chi connectivity index (χ3v) is 6.81. The number of aromatic nitrogens is 1. The molecule has 1 aliphatic heterocycles. The SMILES string of the molecule is Cc1ccc(-c2csc(NC(=O)CSCC(=O)N3CCCC[C@H]3C)n2)cc1C. The van der Waals surface area contributed by atoms with Gasteiger partial charge in [-0.25, -0.2) is 4.98 Å². The van der Waals surface area contributed by atoms with Crippen LogP contribution in [0.25, 0.3) is 11.3 Å². The van der Waals surface area contributed by atoms with Crippen LogP contribution in [-0.4, -0.2) is 45.8 Å². The predicted molar refractivity (Wildman–Crippen MR) is 118 cm³/mol. The number of anilines is 1. The second-order valence-corrected chi connectivity index (χ2v) is 9.15. The van der Waals surface area contributed by atoms with E-state index in [4.69, 9.17) is 0 Å². The number of piperidine rings is 1. The summed E-state index contributed by atoms with van der Waals surface area (Å²) in [6, 6.07) is 6.55. The smallest absolute Gasteiger partial charge is 0.236 e. The summed E-state index contributed by atoms with van der Waals surface area (Å²) in [7, 11) is 0. The number of hydrogen-bond donors (Lipinski definition) is 1. The number of likely N-dealkylation sites (tertiary alicyclic amines) is 1. The molecule has 0 saturated carbocycles. The van der Waals surface area contributed by atoms with Gasteiger partial charge in [0.25, 0.3) is 0 Å². The first-order chi connectivity index (χ1) is 13.4. The van der Waals surface area contributed by atoms with E-state index in [9.17, 15) is 9.59 Å². The van der Waals surface area contributed by atoms with Crippen LogP contribution in [0.1, 0.15) is 37.3 Å². The standard InChI is InChI=1S/C21H27N3O2S2/c1-14-7-8-17(10-15(14)2)18-11-28-21(22-18)23-19(25)12-27-13-20(26)24-9-5-4-6-16(24)3/h7-8,10-11,16H,4-6,9,12-13H2,1-3H3,(H,22,23,25)/t16-/m1/s1. The number of aryl methyl sites for hydroxylation is 2. The number of hydrogen-bond acceptors (Lipinski definition) is 5. The molecule has 1 aliphatic rings. The number of rotatable bonds is 6. The second kappa shape index (κ2) is 9.56. The van der Waals surface area contributed by atoms with Crippen molar-refractivity contribution in [2.75, 3.05) is 23.4 Å². The maximum absolute atomic E-state index is 12.3. The molecule has 0 spiro atoms. The Morgan fingerprint density at radius 3 is 2.82 bits per heavy atom. The first kappa shape index (κ1) is 20.9. The highest BCUT2D eigenvalue weighted by molar-refractivity contribution is 8.00. The van der Waals surface area contributed by atoms with Crippen LogP contribution in [0.4, 0.5) is 5.13 Å². The molecule has 5 nitrogen and oxygen atoms in total. The van der Waals surface area contributed by atoms with Gasteiger partial charge in [-0.15, -0.1) is 23.1 Å². The number of benzene rings is 1. The van der Waals surface area contributed by atoms with Crippen LogP contribution in [0, 0.1) is 13.8 Å². The van der Waals surface area contributed by atoms with E-state index in [1.807, 2.05) is 16.3 Å². The Labute approximate surface area is 174 Å². The van der Waals surface area contributed by atoms with Crippen LogP contribution in [0.5, 0.6) is 0 Å². The summed E-state index contributed by atoms with van der Waals surface area (Å²) in [5, 5.41) is 5.39. The zero-order valence-corrected chi connectivity index (χ0v) is 18.3. The Balaban J connectivity index is 1.47. The minimum absolute atomic E-state index is 0.120. The number of nitrogens with zero attached hydrogens (tertiary/aromatic N) is 2. The number of thiazole rings is 1. The van der Waals surface area contributed by atoms with Crippen molar-refractivity contribution in [2.24, 2.45) is 0 Å². The summed E-state index contributed by atoms with van der Waals surface area (Å²) in [6.45, 7) is 7.11. The molecule has 150 valence electrons. The van der Waals surface area contributed by atoms with Gasteiger partial charge in [0.15, 0.2) is 5.13 Å². The average Bonchev–Trinajstić information content (AvgIpc) is 3.12. The lowest BCUT2D eigenvalue weighted by molar-refractivity contribution is -0.131. The fourth-order valence-corrected chi connectivity index (χ4v) is 4.74. The van der Waals surface area contributed by atoms with Crippen LogP contribution >= 0.6 is 23.1 Å². The van der Waals surface area contributed by atoms with Gasteiger partial charge in [0, 0.05) is 23.5 Å². The van der Waals surface area contributed by atoms with Crippen molar-refractivity contribution in [3.05, 3.63) is 34.7 Å². The van der Waals surface area contributed by atoms with Gasteiger partial charge >= 0.3 is 0 Å². The van der Waals surface area contributed by atoms with Gasteiger partial charge in [0.1, 0.15) is 0 Å².